The number of halogens is 2. The number of carbonyl (C=O) groups is 2. The third-order valence-corrected chi connectivity index (χ3v) is 2.10. The molecule has 1 N–H and O–H groups in total. The maximum absolute atomic E-state index is 11.1. The summed E-state index contributed by atoms with van der Waals surface area (Å²) < 4.78 is 9.24. The van der Waals surface area contributed by atoms with Crippen molar-refractivity contribution in [3.8, 4) is 0 Å². The largest absolute Gasteiger partial charge is 0.448 e. The molecule has 0 unspecified atom stereocenters. The normalized spacial score (nSPS) is 10.9. The molecule has 0 heterocycles. The van der Waals surface area contributed by atoms with E-state index in [9.17, 15) is 9.59 Å². The maximum atomic E-state index is 11.1. The van der Waals surface area contributed by atoms with Gasteiger partial charge in [0.05, 0.1) is 11.8 Å². The molecule has 0 saturated heterocycles. The number of rotatable bonds is 4. The third kappa shape index (κ3) is 9.08. The van der Waals surface area contributed by atoms with Crippen molar-refractivity contribution < 1.29 is 19.1 Å². The van der Waals surface area contributed by atoms with E-state index in [0.29, 0.717) is 0 Å². The Hall–Kier alpha value is -0.660. The van der Waals surface area contributed by atoms with Gasteiger partial charge in [-0.15, -0.1) is 23.2 Å². The smallest absolute Gasteiger partial charge is 0.436 e. The first-order chi connectivity index (χ1) is 8.13. The summed E-state index contributed by atoms with van der Waals surface area (Å²) in [6, 6.07) is 0. The fourth-order valence-corrected chi connectivity index (χ4v) is 1.13. The van der Waals surface area contributed by atoms with Crippen LogP contribution in [0, 0.1) is 0 Å². The van der Waals surface area contributed by atoms with E-state index in [1.54, 1.807) is 6.26 Å². The molecule has 0 bridgehead atoms. The van der Waals surface area contributed by atoms with Crippen LogP contribution < -0.4 is 5.32 Å². The highest BCUT2D eigenvalue weighted by Crippen LogP contribution is 1.98. The fourth-order valence-electron chi connectivity index (χ4n) is 0.620. The lowest BCUT2D eigenvalue weighted by molar-refractivity contribution is 0.158. The van der Waals surface area contributed by atoms with Gasteiger partial charge in [0, 0.05) is 0 Å². The second-order valence-corrected chi connectivity index (χ2v) is 3.93. The Morgan fingerprint density at radius 3 is 2.35 bits per heavy atom. The number of hydrogen-bond donors (Lipinski definition) is 1. The van der Waals surface area contributed by atoms with Crippen LogP contribution in [0.1, 0.15) is 0 Å². The number of alkyl carbamates (subject to hydrolysis) is 1. The summed E-state index contributed by atoms with van der Waals surface area (Å²) in [4.78, 5) is 25.7. The van der Waals surface area contributed by atoms with E-state index >= 15 is 0 Å². The topological polar surface area (TPSA) is 77.0 Å². The zero-order chi connectivity index (χ0) is 13.1. The van der Waals surface area contributed by atoms with Crippen LogP contribution in [-0.4, -0.2) is 48.6 Å². The highest BCUT2D eigenvalue weighted by atomic mass is 35.5. The van der Waals surface area contributed by atoms with Crippen molar-refractivity contribution in [2.45, 2.75) is 0 Å². The number of amides is 2. The van der Waals surface area contributed by atoms with Crippen LogP contribution >= 0.6 is 35.0 Å². The maximum Gasteiger partial charge on any atom is 0.436 e. The van der Waals surface area contributed by atoms with E-state index in [-0.39, 0.29) is 30.1 Å². The Morgan fingerprint density at radius 1 is 1.24 bits per heavy atom. The minimum absolute atomic E-state index is 0.0578. The Bertz CT molecular complexity index is 289. The summed E-state index contributed by atoms with van der Waals surface area (Å²) in [6.07, 6.45) is 0.0757. The molecule has 0 atom stereocenters. The zero-order valence-electron chi connectivity index (χ0n) is 9.07. The molecule has 6 nitrogen and oxygen atoms in total. The lowest BCUT2D eigenvalue weighted by Gasteiger charge is -2.06. The molecule has 0 aliphatic heterocycles. The highest BCUT2D eigenvalue weighted by molar-refractivity contribution is 8.13. The van der Waals surface area contributed by atoms with Gasteiger partial charge in [-0.1, -0.05) is 11.8 Å². The number of aliphatic imine (C=N–C) groups is 1. The van der Waals surface area contributed by atoms with Gasteiger partial charge in [-0.25, -0.2) is 9.59 Å². The Morgan fingerprint density at radius 2 is 1.82 bits per heavy atom. The number of carbonyl (C=O) groups excluding carboxylic acids is 2. The molecule has 0 rings (SSSR count). The fraction of sp³-hybridized carbons (Fsp3) is 0.625. The molecule has 98 valence electrons. The molecule has 0 aromatic rings. The van der Waals surface area contributed by atoms with Crippen LogP contribution in [0.3, 0.4) is 0 Å². The standard InChI is InChI=1S/C8H12Cl2N2O4S/c1-17-6(11-7(13)15-4-2-9)12-8(14)16-5-3-10/h2-5H2,1H3,(H,11,12,13,14). The Labute approximate surface area is 113 Å². The summed E-state index contributed by atoms with van der Waals surface area (Å²) in [5.74, 6) is 0.373. The van der Waals surface area contributed by atoms with Gasteiger partial charge in [-0.3, -0.25) is 5.32 Å². The van der Waals surface area contributed by atoms with Crippen molar-refractivity contribution in [1.82, 2.24) is 5.32 Å². The molecule has 0 aliphatic rings. The van der Waals surface area contributed by atoms with Crippen LogP contribution in [0.15, 0.2) is 4.99 Å². The van der Waals surface area contributed by atoms with E-state index in [1.165, 1.54) is 0 Å². The molecule has 2 amide bonds. The van der Waals surface area contributed by atoms with Gasteiger partial charge in [0.1, 0.15) is 13.2 Å². The summed E-state index contributed by atoms with van der Waals surface area (Å²) >= 11 is 11.7. The van der Waals surface area contributed by atoms with Crippen molar-refractivity contribution in [1.29, 1.82) is 0 Å². The molecule has 0 fully saturated rings. The molecule has 0 spiro atoms. The minimum Gasteiger partial charge on any atom is -0.448 e. The van der Waals surface area contributed by atoms with Crippen LogP contribution in [0.2, 0.25) is 0 Å². The highest BCUT2D eigenvalue weighted by Gasteiger charge is 2.08. The molecular weight excluding hydrogens is 291 g/mol. The van der Waals surface area contributed by atoms with Crippen LogP contribution in [0.4, 0.5) is 9.59 Å². The number of amidine groups is 1. The molecule has 17 heavy (non-hydrogen) atoms. The lowest BCUT2D eigenvalue weighted by atomic mass is 10.8. The molecule has 0 saturated carbocycles. The van der Waals surface area contributed by atoms with Gasteiger partial charge < -0.3 is 9.47 Å². The van der Waals surface area contributed by atoms with E-state index in [1.807, 2.05) is 0 Å². The molecule has 0 aromatic heterocycles. The molecule has 0 aromatic carbocycles. The number of nitrogens with zero attached hydrogens (tertiary/aromatic N) is 1. The number of alkyl halides is 2. The van der Waals surface area contributed by atoms with Crippen LogP contribution in [0.5, 0.6) is 0 Å². The van der Waals surface area contributed by atoms with Gasteiger partial charge in [-0.05, 0) is 6.26 Å². The molecular formula is C8H12Cl2N2O4S. The third-order valence-electron chi connectivity index (χ3n) is 1.21. The molecule has 0 radical (unpaired) electrons. The van der Waals surface area contributed by atoms with Crippen molar-refractivity contribution in [3.05, 3.63) is 0 Å². The Balaban J connectivity index is 4.16. The van der Waals surface area contributed by atoms with E-state index < -0.39 is 12.2 Å². The SMILES string of the molecule is CS/C(=N\C(=O)OCCCl)NC(=O)OCCCl. The van der Waals surface area contributed by atoms with Crippen molar-refractivity contribution >= 4 is 52.3 Å². The van der Waals surface area contributed by atoms with E-state index in [4.69, 9.17) is 23.2 Å². The number of thioether (sulfide) groups is 1. The van der Waals surface area contributed by atoms with E-state index in [0.717, 1.165) is 11.8 Å². The average Bonchev–Trinajstić information content (AvgIpc) is 2.32. The summed E-state index contributed by atoms with van der Waals surface area (Å²) in [7, 11) is 0. The second-order valence-electron chi connectivity index (χ2n) is 2.37. The van der Waals surface area contributed by atoms with Crippen LogP contribution in [-0.2, 0) is 9.47 Å². The first kappa shape index (κ1) is 16.3. The zero-order valence-corrected chi connectivity index (χ0v) is 11.4. The summed E-state index contributed by atoms with van der Waals surface area (Å²) in [5.41, 5.74) is 0. The minimum atomic E-state index is -0.826. The van der Waals surface area contributed by atoms with Gasteiger partial charge in [-0.2, -0.15) is 4.99 Å². The Kier molecular flexibility index (Phi) is 10.1. The molecule has 9 heteroatoms. The van der Waals surface area contributed by atoms with Crippen molar-refractivity contribution in [3.63, 3.8) is 0 Å². The average molecular weight is 303 g/mol. The molecule has 0 aliphatic carbocycles. The summed E-state index contributed by atoms with van der Waals surface area (Å²) in [6.45, 7) is 0.133. The first-order valence-corrected chi connectivity index (χ1v) is 6.78. The lowest BCUT2D eigenvalue weighted by Crippen LogP contribution is -2.30. The predicted molar refractivity (Wildman–Crippen MR) is 68.2 cm³/mol. The number of nitrogens with one attached hydrogen (secondary N) is 1. The quantitative estimate of drug-likeness (QED) is 0.488. The number of ether oxygens (including phenoxy) is 2. The number of hydrogen-bond acceptors (Lipinski definition) is 5. The second kappa shape index (κ2) is 10.5. The van der Waals surface area contributed by atoms with Crippen LogP contribution in [0.25, 0.3) is 0 Å². The van der Waals surface area contributed by atoms with Gasteiger partial charge >= 0.3 is 12.2 Å². The first-order valence-electron chi connectivity index (χ1n) is 4.49. The van der Waals surface area contributed by atoms with Crippen molar-refractivity contribution in [2.75, 3.05) is 31.2 Å². The predicted octanol–water partition coefficient (Wildman–Crippen LogP) is 2.05. The van der Waals surface area contributed by atoms with Gasteiger partial charge in [0.15, 0.2) is 5.17 Å². The summed E-state index contributed by atoms with van der Waals surface area (Å²) in [5, 5.41) is 2.34. The van der Waals surface area contributed by atoms with Gasteiger partial charge in [0.25, 0.3) is 0 Å². The monoisotopic (exact) mass is 302 g/mol. The van der Waals surface area contributed by atoms with Gasteiger partial charge in [0.2, 0.25) is 0 Å². The van der Waals surface area contributed by atoms with Crippen molar-refractivity contribution in [2.24, 2.45) is 4.99 Å². The van der Waals surface area contributed by atoms with E-state index in [2.05, 4.69) is 19.8 Å².